The molecule has 3 nitrogen and oxygen atoms in total. The molecule has 0 unspecified atom stereocenters. The molecule has 0 heterocycles. The van der Waals surface area contributed by atoms with Crippen molar-refractivity contribution in [2.75, 3.05) is 5.73 Å². The highest BCUT2D eigenvalue weighted by molar-refractivity contribution is 6.11. The topological polar surface area (TPSA) is 63.3 Å². The monoisotopic (exact) mass is 215 g/mol. The van der Waals surface area contributed by atoms with Crippen molar-refractivity contribution in [1.82, 2.24) is 0 Å². The first-order valence-electron chi connectivity index (χ1n) is 5.18. The second kappa shape index (κ2) is 3.85. The van der Waals surface area contributed by atoms with Crippen LogP contribution >= 0.6 is 0 Å². The Hall–Kier alpha value is -2.03. The standard InChI is InChI=1S/C13H13NO2/c1-2-12(15)10-7-11(14)13(16)9-6-4-3-5-8(9)10/h3-7,16H,2,14H2,1H3. The Kier molecular flexibility index (Phi) is 2.52. The highest BCUT2D eigenvalue weighted by atomic mass is 16.3. The Morgan fingerprint density at radius 2 is 1.94 bits per heavy atom. The first-order valence-corrected chi connectivity index (χ1v) is 5.18. The molecule has 0 aliphatic carbocycles. The number of benzene rings is 2. The molecule has 0 amide bonds. The Balaban J connectivity index is 2.85. The summed E-state index contributed by atoms with van der Waals surface area (Å²) < 4.78 is 0. The lowest BCUT2D eigenvalue weighted by molar-refractivity contribution is 0.0990. The van der Waals surface area contributed by atoms with Crippen molar-refractivity contribution in [1.29, 1.82) is 0 Å². The van der Waals surface area contributed by atoms with Gasteiger partial charge in [0, 0.05) is 17.4 Å². The van der Waals surface area contributed by atoms with Crippen molar-refractivity contribution in [3.63, 3.8) is 0 Å². The summed E-state index contributed by atoms with van der Waals surface area (Å²) in [5, 5.41) is 11.2. The van der Waals surface area contributed by atoms with Crippen molar-refractivity contribution < 1.29 is 9.90 Å². The number of nitrogens with two attached hydrogens (primary N) is 1. The number of Topliss-reactive ketones (excluding diaryl/α,β-unsaturated/α-hetero) is 1. The van der Waals surface area contributed by atoms with Crippen molar-refractivity contribution in [3.05, 3.63) is 35.9 Å². The summed E-state index contributed by atoms with van der Waals surface area (Å²) >= 11 is 0. The number of ketones is 1. The molecule has 0 fully saturated rings. The summed E-state index contributed by atoms with van der Waals surface area (Å²) in [6, 6.07) is 8.76. The quantitative estimate of drug-likeness (QED) is 0.460. The molecule has 0 aliphatic heterocycles. The highest BCUT2D eigenvalue weighted by Crippen LogP contribution is 2.33. The number of phenolic OH excluding ortho intramolecular Hbond substituents is 1. The van der Waals surface area contributed by atoms with Gasteiger partial charge in [0.25, 0.3) is 0 Å². The molecule has 82 valence electrons. The maximum absolute atomic E-state index is 11.8. The van der Waals surface area contributed by atoms with Gasteiger partial charge in [0.15, 0.2) is 5.78 Å². The molecule has 0 saturated carbocycles. The van der Waals surface area contributed by atoms with Crippen LogP contribution in [0.4, 0.5) is 5.69 Å². The summed E-state index contributed by atoms with van der Waals surface area (Å²) in [5.74, 6) is 0.0751. The van der Waals surface area contributed by atoms with E-state index in [4.69, 9.17) is 5.73 Å². The number of fused-ring (bicyclic) bond motifs is 1. The van der Waals surface area contributed by atoms with E-state index < -0.39 is 0 Å². The van der Waals surface area contributed by atoms with Crippen LogP contribution in [0.25, 0.3) is 10.8 Å². The number of phenols is 1. The lowest BCUT2D eigenvalue weighted by Gasteiger charge is -2.09. The van der Waals surface area contributed by atoms with Gasteiger partial charge in [-0.05, 0) is 11.5 Å². The van der Waals surface area contributed by atoms with Crippen molar-refractivity contribution in [3.8, 4) is 5.75 Å². The third-order valence-corrected chi connectivity index (χ3v) is 2.67. The maximum Gasteiger partial charge on any atom is 0.163 e. The molecule has 0 radical (unpaired) electrons. The van der Waals surface area contributed by atoms with Gasteiger partial charge in [-0.15, -0.1) is 0 Å². The van der Waals surface area contributed by atoms with Crippen molar-refractivity contribution in [2.24, 2.45) is 0 Å². The van der Waals surface area contributed by atoms with Crippen LogP contribution in [0.1, 0.15) is 23.7 Å². The van der Waals surface area contributed by atoms with Crippen LogP contribution in [0, 0.1) is 0 Å². The summed E-state index contributed by atoms with van der Waals surface area (Å²) in [6.45, 7) is 1.81. The molecule has 2 aromatic carbocycles. The third kappa shape index (κ3) is 1.50. The van der Waals surface area contributed by atoms with Crippen LogP contribution in [0.5, 0.6) is 5.75 Å². The first kappa shape index (κ1) is 10.5. The van der Waals surface area contributed by atoms with Gasteiger partial charge in [-0.3, -0.25) is 4.79 Å². The molecule has 2 rings (SSSR count). The number of aromatic hydroxyl groups is 1. The number of anilines is 1. The smallest absolute Gasteiger partial charge is 0.163 e. The van der Waals surface area contributed by atoms with E-state index in [2.05, 4.69) is 0 Å². The van der Waals surface area contributed by atoms with Crippen LogP contribution < -0.4 is 5.73 Å². The average molecular weight is 215 g/mol. The van der Waals surface area contributed by atoms with Gasteiger partial charge in [0.1, 0.15) is 5.75 Å². The second-order valence-corrected chi connectivity index (χ2v) is 3.68. The van der Waals surface area contributed by atoms with Crippen LogP contribution in [-0.4, -0.2) is 10.9 Å². The molecule has 0 saturated heterocycles. The number of hydrogen-bond acceptors (Lipinski definition) is 3. The van der Waals surface area contributed by atoms with Crippen LogP contribution in [0.3, 0.4) is 0 Å². The number of carbonyl (C=O) groups is 1. The SMILES string of the molecule is CCC(=O)c1cc(N)c(O)c2ccccc12. The number of carbonyl (C=O) groups excluding carboxylic acids is 1. The fraction of sp³-hybridized carbons (Fsp3) is 0.154. The Bertz CT molecular complexity index is 561. The molecule has 0 spiro atoms. The first-order chi connectivity index (χ1) is 7.65. The molecule has 0 aliphatic rings. The molecule has 0 atom stereocenters. The highest BCUT2D eigenvalue weighted by Gasteiger charge is 2.13. The van der Waals surface area contributed by atoms with E-state index in [1.807, 2.05) is 18.2 Å². The minimum Gasteiger partial charge on any atom is -0.505 e. The number of rotatable bonds is 2. The molecule has 0 bridgehead atoms. The zero-order valence-electron chi connectivity index (χ0n) is 9.03. The molecule has 0 aromatic heterocycles. The molecular weight excluding hydrogens is 202 g/mol. The van der Waals surface area contributed by atoms with Gasteiger partial charge >= 0.3 is 0 Å². The van der Waals surface area contributed by atoms with Crippen LogP contribution in [0.2, 0.25) is 0 Å². The van der Waals surface area contributed by atoms with Gasteiger partial charge in [-0.1, -0.05) is 31.2 Å². The summed E-state index contributed by atoms with van der Waals surface area (Å²) in [5.41, 5.74) is 6.50. The number of nitrogen functional groups attached to an aromatic ring is 1. The van der Waals surface area contributed by atoms with Crippen LogP contribution in [0.15, 0.2) is 30.3 Å². The van der Waals surface area contributed by atoms with Gasteiger partial charge < -0.3 is 10.8 Å². The lowest BCUT2D eigenvalue weighted by Crippen LogP contribution is -2.00. The predicted octanol–water partition coefficient (Wildman–Crippen LogP) is 2.72. The van der Waals surface area contributed by atoms with Gasteiger partial charge in [-0.25, -0.2) is 0 Å². The third-order valence-electron chi connectivity index (χ3n) is 2.67. The molecule has 2 aromatic rings. The van der Waals surface area contributed by atoms with Crippen LogP contribution in [-0.2, 0) is 0 Å². The Morgan fingerprint density at radius 3 is 2.56 bits per heavy atom. The Labute approximate surface area is 93.5 Å². The van der Waals surface area contributed by atoms with Gasteiger partial charge in [-0.2, -0.15) is 0 Å². The van der Waals surface area contributed by atoms with Crippen molar-refractivity contribution >= 4 is 22.2 Å². The minimum absolute atomic E-state index is 0.0305. The summed E-state index contributed by atoms with van der Waals surface area (Å²) in [4.78, 5) is 11.8. The summed E-state index contributed by atoms with van der Waals surface area (Å²) in [7, 11) is 0. The van der Waals surface area contributed by atoms with E-state index in [-0.39, 0.29) is 17.2 Å². The number of hydrogen-bond donors (Lipinski definition) is 2. The second-order valence-electron chi connectivity index (χ2n) is 3.68. The van der Waals surface area contributed by atoms with E-state index in [1.54, 1.807) is 19.1 Å². The predicted molar refractivity (Wildman–Crippen MR) is 64.6 cm³/mol. The summed E-state index contributed by atoms with van der Waals surface area (Å²) in [6.07, 6.45) is 0.425. The normalized spacial score (nSPS) is 10.6. The van der Waals surface area contributed by atoms with E-state index in [9.17, 15) is 9.90 Å². The lowest BCUT2D eigenvalue weighted by atomic mass is 9.98. The van der Waals surface area contributed by atoms with Crippen molar-refractivity contribution in [2.45, 2.75) is 13.3 Å². The van der Waals surface area contributed by atoms with Gasteiger partial charge in [0.2, 0.25) is 0 Å². The fourth-order valence-electron chi connectivity index (χ4n) is 1.80. The van der Waals surface area contributed by atoms with Gasteiger partial charge in [0.05, 0.1) is 5.69 Å². The fourth-order valence-corrected chi connectivity index (χ4v) is 1.80. The minimum atomic E-state index is 0.0305. The van der Waals surface area contributed by atoms with E-state index in [0.717, 1.165) is 5.39 Å². The molecule has 16 heavy (non-hydrogen) atoms. The molecular formula is C13H13NO2. The molecule has 3 heteroatoms. The zero-order chi connectivity index (χ0) is 11.7. The van der Waals surface area contributed by atoms with E-state index >= 15 is 0 Å². The average Bonchev–Trinajstić information content (AvgIpc) is 2.33. The largest absolute Gasteiger partial charge is 0.505 e. The maximum atomic E-state index is 11.8. The zero-order valence-corrected chi connectivity index (χ0v) is 9.03. The van der Waals surface area contributed by atoms with E-state index in [1.165, 1.54) is 0 Å². The molecule has 3 N–H and O–H groups in total. The Morgan fingerprint density at radius 1 is 1.31 bits per heavy atom. The van der Waals surface area contributed by atoms with E-state index in [0.29, 0.717) is 17.4 Å².